The van der Waals surface area contributed by atoms with Crippen LogP contribution in [0, 0.1) is 0 Å². The normalized spacial score (nSPS) is 12.0. The number of hydrogen-bond donors (Lipinski definition) is 1. The van der Waals surface area contributed by atoms with Crippen molar-refractivity contribution < 1.29 is 9.53 Å². The molecule has 0 aliphatic rings. The van der Waals surface area contributed by atoms with E-state index >= 15 is 0 Å². The molecule has 8 nitrogen and oxygen atoms in total. The van der Waals surface area contributed by atoms with Crippen LogP contribution in [-0.2, 0) is 28.7 Å². The molecule has 10 heteroatoms. The third kappa shape index (κ3) is 11.4. The summed E-state index contributed by atoms with van der Waals surface area (Å²) >= 11 is 3.12. The number of carbonyl (C=O) groups is 1. The van der Waals surface area contributed by atoms with Gasteiger partial charge in [-0.1, -0.05) is 139 Å². The highest BCUT2D eigenvalue weighted by molar-refractivity contribution is 8.01. The Morgan fingerprint density at radius 2 is 1.45 bits per heavy atom. The molecule has 0 spiro atoms. The molecule has 4 rings (SSSR count). The second kappa shape index (κ2) is 17.3. The van der Waals surface area contributed by atoms with Gasteiger partial charge in [0.2, 0.25) is 5.91 Å². The van der Waals surface area contributed by atoms with Crippen molar-refractivity contribution >= 4 is 51.2 Å². The topological polar surface area (TPSA) is 92.1 Å². The minimum Gasteiger partial charge on any atom is -0.494 e. The molecule has 0 bridgehead atoms. The van der Waals surface area contributed by atoms with Gasteiger partial charge in [0.1, 0.15) is 11.4 Å². The molecule has 0 radical (unpaired) electrons. The predicted molar refractivity (Wildman–Crippen MR) is 206 cm³/mol. The van der Waals surface area contributed by atoms with Crippen LogP contribution in [0.5, 0.6) is 5.75 Å². The number of ether oxygens (including phenoxy) is 1. The first-order chi connectivity index (χ1) is 23.3. The van der Waals surface area contributed by atoms with E-state index in [2.05, 4.69) is 128 Å². The monoisotopic (exact) mass is 700 g/mol. The zero-order valence-corrected chi connectivity index (χ0v) is 32.2. The third-order valence-corrected chi connectivity index (χ3v) is 10.2. The van der Waals surface area contributed by atoms with Gasteiger partial charge in [0.15, 0.2) is 4.34 Å². The fraction of sp³-hybridized carbons (Fsp3) is 0.462. The lowest BCUT2D eigenvalue weighted by Gasteiger charge is -2.29. The summed E-state index contributed by atoms with van der Waals surface area (Å²) < 4.78 is 6.85. The van der Waals surface area contributed by atoms with Crippen LogP contribution in [0.1, 0.15) is 103 Å². The second-order valence-corrected chi connectivity index (χ2v) is 16.7. The summed E-state index contributed by atoms with van der Waals surface area (Å²) in [5.41, 5.74) is 6.89. The van der Waals surface area contributed by atoms with Gasteiger partial charge in [0.25, 0.3) is 5.13 Å². The molecular formula is C39H52N6O2S2. The smallest absolute Gasteiger partial charge is 0.252 e. The van der Waals surface area contributed by atoms with Crippen LogP contribution in [0.3, 0.4) is 0 Å². The maximum absolute atomic E-state index is 12.4. The number of aromatic nitrogens is 2. The van der Waals surface area contributed by atoms with Crippen molar-refractivity contribution in [1.82, 2.24) is 10.2 Å². The van der Waals surface area contributed by atoms with E-state index in [0.717, 1.165) is 22.2 Å². The number of benzene rings is 3. The van der Waals surface area contributed by atoms with E-state index in [4.69, 9.17) is 4.74 Å². The maximum Gasteiger partial charge on any atom is 0.252 e. The Kier molecular flexibility index (Phi) is 13.4. The molecule has 1 N–H and O–H groups in total. The zero-order chi connectivity index (χ0) is 35.6. The minimum absolute atomic E-state index is 0.0667. The second-order valence-electron chi connectivity index (χ2n) is 14.4. The molecular weight excluding hydrogens is 649 g/mol. The van der Waals surface area contributed by atoms with Gasteiger partial charge in [-0.3, -0.25) is 4.79 Å². The van der Waals surface area contributed by atoms with Crippen molar-refractivity contribution in [3.05, 3.63) is 82.9 Å². The molecule has 1 amide bonds. The lowest BCUT2D eigenvalue weighted by molar-refractivity contribution is -0.114. The fourth-order valence-electron chi connectivity index (χ4n) is 5.31. The standard InChI is InChI=1S/C39H52N6O2S2/c1-10-11-12-13-22-48-37-44-43-36(49-37)42-41-33-24-35(47-9)34(23-32(33)40-27(2)46)45(25-28-14-18-30(19-15-28)38(3,4)5)26-29-16-20-31(21-17-29)39(6,7)8/h14-21,23-24H,10-13,22,25-26H2,1-9H3,(H,40,46). The summed E-state index contributed by atoms with van der Waals surface area (Å²) in [6.45, 7) is 18.3. The van der Waals surface area contributed by atoms with E-state index < -0.39 is 0 Å². The highest BCUT2D eigenvalue weighted by Gasteiger charge is 2.20. The van der Waals surface area contributed by atoms with Crippen molar-refractivity contribution in [3.8, 4) is 5.75 Å². The molecule has 0 aliphatic heterocycles. The lowest BCUT2D eigenvalue weighted by Crippen LogP contribution is -2.23. The fourth-order valence-corrected chi connectivity index (χ4v) is 7.05. The molecule has 0 unspecified atom stereocenters. The molecule has 4 aromatic rings. The number of unbranched alkanes of at least 4 members (excludes halogenated alkanes) is 3. The molecule has 1 aromatic heterocycles. The van der Waals surface area contributed by atoms with Crippen molar-refractivity contribution in [2.24, 2.45) is 10.2 Å². The summed E-state index contributed by atoms with van der Waals surface area (Å²) in [4.78, 5) is 14.7. The van der Waals surface area contributed by atoms with Crippen molar-refractivity contribution in [2.75, 3.05) is 23.1 Å². The van der Waals surface area contributed by atoms with Crippen molar-refractivity contribution in [1.29, 1.82) is 0 Å². The molecule has 3 aromatic carbocycles. The van der Waals surface area contributed by atoms with Crippen LogP contribution in [0.15, 0.2) is 75.2 Å². The van der Waals surface area contributed by atoms with Crippen LogP contribution >= 0.6 is 23.1 Å². The van der Waals surface area contributed by atoms with Crippen molar-refractivity contribution in [3.63, 3.8) is 0 Å². The largest absolute Gasteiger partial charge is 0.494 e. The van der Waals surface area contributed by atoms with Crippen LogP contribution in [0.25, 0.3) is 0 Å². The number of thioether (sulfide) groups is 1. The van der Waals surface area contributed by atoms with E-state index in [1.54, 1.807) is 18.9 Å². The number of nitrogens with one attached hydrogen (secondary N) is 1. The Labute approximate surface area is 301 Å². The highest BCUT2D eigenvalue weighted by atomic mass is 32.2. The first kappa shape index (κ1) is 38.0. The Morgan fingerprint density at radius 1 is 0.857 bits per heavy atom. The molecule has 0 fully saturated rings. The Morgan fingerprint density at radius 3 is 1.96 bits per heavy atom. The van der Waals surface area contributed by atoms with E-state index in [0.29, 0.717) is 35.3 Å². The summed E-state index contributed by atoms with van der Waals surface area (Å²) in [7, 11) is 1.65. The number of nitrogens with zero attached hydrogens (tertiary/aromatic N) is 5. The minimum atomic E-state index is -0.202. The Balaban J connectivity index is 1.68. The van der Waals surface area contributed by atoms with Gasteiger partial charge in [-0.05, 0) is 45.6 Å². The average Bonchev–Trinajstić information content (AvgIpc) is 3.50. The number of azo groups is 1. The van der Waals surface area contributed by atoms with Gasteiger partial charge in [0.05, 0.1) is 18.5 Å². The van der Waals surface area contributed by atoms with Gasteiger partial charge in [-0.15, -0.1) is 20.4 Å². The maximum atomic E-state index is 12.4. The zero-order valence-electron chi connectivity index (χ0n) is 30.6. The third-order valence-electron chi connectivity index (χ3n) is 8.20. The number of hydrogen-bond acceptors (Lipinski definition) is 9. The molecule has 0 aliphatic carbocycles. The Hall–Kier alpha value is -3.76. The van der Waals surface area contributed by atoms with E-state index in [1.165, 1.54) is 59.8 Å². The van der Waals surface area contributed by atoms with Gasteiger partial charge in [0, 0.05) is 31.8 Å². The van der Waals surface area contributed by atoms with Crippen LogP contribution in [0.4, 0.5) is 22.2 Å². The molecule has 49 heavy (non-hydrogen) atoms. The molecule has 0 saturated carbocycles. The highest BCUT2D eigenvalue weighted by Crippen LogP contribution is 2.41. The summed E-state index contributed by atoms with van der Waals surface area (Å²) in [5.74, 6) is 1.43. The van der Waals surface area contributed by atoms with E-state index in [-0.39, 0.29) is 16.7 Å². The van der Waals surface area contributed by atoms with Gasteiger partial charge in [-0.25, -0.2) is 0 Å². The molecule has 0 atom stereocenters. The quantitative estimate of drug-likeness (QED) is 0.0754. The number of rotatable bonds is 15. The van der Waals surface area contributed by atoms with E-state index in [1.807, 2.05) is 12.1 Å². The first-order valence-electron chi connectivity index (χ1n) is 17.1. The van der Waals surface area contributed by atoms with Crippen LogP contribution < -0.4 is 15.0 Å². The number of methoxy groups -OCH3 is 1. The van der Waals surface area contributed by atoms with Gasteiger partial charge >= 0.3 is 0 Å². The van der Waals surface area contributed by atoms with Gasteiger partial charge in [-0.2, -0.15) is 0 Å². The Bertz CT molecular complexity index is 1630. The number of carbonyl (C=O) groups excluding carboxylic acids is 1. The average molecular weight is 701 g/mol. The number of anilines is 2. The lowest BCUT2D eigenvalue weighted by atomic mass is 9.86. The van der Waals surface area contributed by atoms with Gasteiger partial charge < -0.3 is 15.0 Å². The summed E-state index contributed by atoms with van der Waals surface area (Å²) in [6.07, 6.45) is 4.85. The van der Waals surface area contributed by atoms with Crippen LogP contribution in [0.2, 0.25) is 0 Å². The van der Waals surface area contributed by atoms with Crippen LogP contribution in [-0.4, -0.2) is 29.0 Å². The SMILES string of the molecule is CCCCCCSc1nnc(N=Nc2cc(OC)c(N(Cc3ccc(C(C)(C)C)cc3)Cc3ccc(C(C)(C)C)cc3)cc2NC(C)=O)s1. The first-order valence-corrected chi connectivity index (χ1v) is 18.9. The number of amides is 1. The summed E-state index contributed by atoms with van der Waals surface area (Å²) in [6, 6.07) is 21.4. The van der Waals surface area contributed by atoms with E-state index in [9.17, 15) is 4.79 Å². The molecule has 0 saturated heterocycles. The summed E-state index contributed by atoms with van der Waals surface area (Å²) in [5, 5.41) is 20.9. The predicted octanol–water partition coefficient (Wildman–Crippen LogP) is 11.4. The molecule has 262 valence electrons. The molecule has 1 heterocycles. The van der Waals surface area contributed by atoms with Crippen molar-refractivity contribution in [2.45, 2.75) is 109 Å².